The summed E-state index contributed by atoms with van der Waals surface area (Å²) in [4.78, 5) is 54.0. The van der Waals surface area contributed by atoms with Crippen LogP contribution in [-0.4, -0.2) is 90.7 Å². The molecule has 0 radical (unpaired) electrons. The number of hydrogen-bond acceptors (Lipinski definition) is 12. The third-order valence-corrected chi connectivity index (χ3v) is 11.0. The molecule has 1 aromatic heterocycles. The molecule has 1 aliphatic rings. The first kappa shape index (κ1) is 42.9. The van der Waals surface area contributed by atoms with Crippen LogP contribution in [0.1, 0.15) is 42.9 Å². The molecule has 1 atom stereocenters. The molecular formula is C42H47ClN6O9S. The number of ether oxygens (including phenoxy) is 3. The number of aromatic hydroxyl groups is 1. The van der Waals surface area contributed by atoms with Crippen LogP contribution in [0.5, 0.6) is 11.5 Å². The minimum absolute atomic E-state index is 0.0666. The topological polar surface area (TPSA) is 204 Å². The molecule has 312 valence electrons. The fourth-order valence-corrected chi connectivity index (χ4v) is 7.89. The van der Waals surface area contributed by atoms with Crippen molar-refractivity contribution in [3.8, 4) is 22.6 Å². The summed E-state index contributed by atoms with van der Waals surface area (Å²) in [6, 6.07) is 23.6. The summed E-state index contributed by atoms with van der Waals surface area (Å²) in [7, 11) is 1.48. The van der Waals surface area contributed by atoms with Gasteiger partial charge in [-0.3, -0.25) is 20.2 Å². The number of carbonyl (C=O) groups excluding carboxylic acids is 3. The molecule has 3 amide bonds. The van der Waals surface area contributed by atoms with E-state index in [0.717, 1.165) is 22.5 Å². The molecule has 6 rings (SSSR count). The zero-order valence-electron chi connectivity index (χ0n) is 32.4. The Hall–Kier alpha value is -5.65. The van der Waals surface area contributed by atoms with Gasteiger partial charge < -0.3 is 44.9 Å². The van der Waals surface area contributed by atoms with Crippen molar-refractivity contribution < 1.29 is 38.8 Å². The summed E-state index contributed by atoms with van der Waals surface area (Å²) in [6.07, 6.45) is -0.312. The van der Waals surface area contributed by atoms with Gasteiger partial charge in [0.25, 0.3) is 0 Å². The molecule has 0 aliphatic carbocycles. The number of hydrogen-bond donors (Lipinski definition) is 7. The van der Waals surface area contributed by atoms with Crippen LogP contribution in [0.25, 0.3) is 21.3 Å². The van der Waals surface area contributed by atoms with E-state index in [9.17, 15) is 29.4 Å². The Labute approximate surface area is 349 Å². The van der Waals surface area contributed by atoms with Crippen molar-refractivity contribution in [2.24, 2.45) is 0 Å². The third kappa shape index (κ3) is 12.0. The Morgan fingerprint density at radius 1 is 0.983 bits per heavy atom. The monoisotopic (exact) mass is 846 g/mol. The van der Waals surface area contributed by atoms with E-state index in [1.165, 1.54) is 13.2 Å². The van der Waals surface area contributed by atoms with Gasteiger partial charge in [0.2, 0.25) is 5.91 Å². The Bertz CT molecular complexity index is 2280. The predicted molar refractivity (Wildman–Crippen MR) is 227 cm³/mol. The zero-order valence-corrected chi connectivity index (χ0v) is 34.0. The van der Waals surface area contributed by atoms with Crippen molar-refractivity contribution in [1.29, 1.82) is 0 Å². The maximum atomic E-state index is 12.7. The van der Waals surface area contributed by atoms with Gasteiger partial charge in [-0.25, -0.2) is 9.59 Å². The first-order valence-electron chi connectivity index (χ1n) is 19.2. The van der Waals surface area contributed by atoms with Gasteiger partial charge >= 0.3 is 17.1 Å². The van der Waals surface area contributed by atoms with Gasteiger partial charge in [-0.15, -0.1) is 0 Å². The second-order valence-corrected chi connectivity index (χ2v) is 15.3. The minimum Gasteiger partial charge on any atom is -0.506 e. The SMILES string of the molecule is COc1cc(NC(=O)OCCCNC(=O)CCN2CCC(OC(=O)Nc3ccccc3-c3ccccc3)CC2)c(Cl)cc1CNC[C@H](O)c1ccc(O)c2[nH]c(=O)sc12. The Morgan fingerprint density at radius 3 is 2.51 bits per heavy atom. The lowest BCUT2D eigenvalue weighted by atomic mass is 10.0. The van der Waals surface area contributed by atoms with Gasteiger partial charge in [0.1, 0.15) is 23.1 Å². The standard InChI is InChI=1S/C42H47ClN6O9S/c1-56-36-23-33(31(43)22-27(36)24-44-25-35(51)30-12-13-34(50)38-39(30)59-42(55)48-38)47-40(53)57-21-7-17-45-37(52)16-20-49-18-14-28(15-19-49)58-41(54)46-32-11-6-5-10-29(32)26-8-3-2-4-9-26/h2-6,8-13,22-23,28,35,44,50-51H,7,14-21,24-25H2,1H3,(H,45,52)(H,46,54)(H,47,53)(H,48,55)/t35-/m0/s1. The molecule has 59 heavy (non-hydrogen) atoms. The van der Waals surface area contributed by atoms with E-state index < -0.39 is 18.3 Å². The van der Waals surface area contributed by atoms with Crippen molar-refractivity contribution in [3.05, 3.63) is 105 Å². The molecule has 17 heteroatoms. The lowest BCUT2D eigenvalue weighted by Gasteiger charge is -2.31. The molecular weight excluding hydrogens is 800 g/mol. The number of aliphatic hydroxyl groups is 1. The van der Waals surface area contributed by atoms with Crippen LogP contribution in [0.2, 0.25) is 5.02 Å². The van der Waals surface area contributed by atoms with Crippen LogP contribution < -0.4 is 30.9 Å². The summed E-state index contributed by atoms with van der Waals surface area (Å²) in [5.41, 5.74) is 4.34. The van der Waals surface area contributed by atoms with Crippen molar-refractivity contribution >= 4 is 62.6 Å². The zero-order chi connectivity index (χ0) is 41.7. The number of carbonyl (C=O) groups is 3. The first-order valence-corrected chi connectivity index (χ1v) is 20.4. The highest BCUT2D eigenvalue weighted by Crippen LogP contribution is 2.33. The quantitative estimate of drug-likeness (QED) is 0.0497. The molecule has 0 bridgehead atoms. The number of phenolic OH excluding ortho intramolecular Hbond substituents is 1. The van der Waals surface area contributed by atoms with E-state index in [2.05, 4.69) is 31.2 Å². The number of amides is 3. The number of methoxy groups -OCH3 is 1. The highest BCUT2D eigenvalue weighted by Gasteiger charge is 2.23. The number of nitrogens with zero attached hydrogens (tertiary/aromatic N) is 1. The van der Waals surface area contributed by atoms with Crippen LogP contribution >= 0.6 is 22.9 Å². The summed E-state index contributed by atoms with van der Waals surface area (Å²) < 4.78 is 17.0. The molecule has 0 unspecified atom stereocenters. The molecule has 1 aliphatic heterocycles. The molecule has 7 N–H and O–H groups in total. The first-order chi connectivity index (χ1) is 28.6. The molecule has 5 aromatic rings. The van der Waals surface area contributed by atoms with Crippen LogP contribution in [0.4, 0.5) is 21.0 Å². The van der Waals surface area contributed by atoms with E-state index in [4.69, 9.17) is 25.8 Å². The molecule has 2 heterocycles. The predicted octanol–water partition coefficient (Wildman–Crippen LogP) is 6.61. The number of aromatic nitrogens is 1. The summed E-state index contributed by atoms with van der Waals surface area (Å²) in [6.45, 7) is 2.79. The summed E-state index contributed by atoms with van der Waals surface area (Å²) in [5, 5.41) is 32.6. The van der Waals surface area contributed by atoms with Gasteiger partial charge in [-0.2, -0.15) is 0 Å². The van der Waals surface area contributed by atoms with E-state index in [1.54, 1.807) is 18.2 Å². The van der Waals surface area contributed by atoms with Gasteiger partial charge in [-0.1, -0.05) is 77.5 Å². The number of halogens is 1. The van der Waals surface area contributed by atoms with Crippen molar-refractivity contribution in [3.63, 3.8) is 0 Å². The number of H-pyrrole nitrogens is 1. The second-order valence-electron chi connectivity index (χ2n) is 13.9. The lowest BCUT2D eigenvalue weighted by Crippen LogP contribution is -2.40. The molecule has 1 fully saturated rings. The van der Waals surface area contributed by atoms with Gasteiger partial charge in [0.15, 0.2) is 0 Å². The number of anilines is 2. The molecule has 1 saturated heterocycles. The highest BCUT2D eigenvalue weighted by atomic mass is 35.5. The number of phenols is 1. The number of likely N-dealkylation sites (tertiary alicyclic amines) is 1. The smallest absolute Gasteiger partial charge is 0.411 e. The maximum absolute atomic E-state index is 12.7. The van der Waals surface area contributed by atoms with Crippen molar-refractivity contribution in [1.82, 2.24) is 20.5 Å². The van der Waals surface area contributed by atoms with Crippen LogP contribution in [0.3, 0.4) is 0 Å². The van der Waals surface area contributed by atoms with Gasteiger partial charge in [0, 0.05) is 68.4 Å². The number of aromatic amines is 1. The number of fused-ring (bicyclic) bond motifs is 1. The van der Waals surface area contributed by atoms with Crippen molar-refractivity contribution in [2.45, 2.75) is 44.4 Å². The number of aliphatic hydroxyl groups excluding tert-OH is 1. The minimum atomic E-state index is -0.969. The third-order valence-electron chi connectivity index (χ3n) is 9.80. The normalized spacial score (nSPS) is 13.7. The molecule has 0 spiro atoms. The van der Waals surface area contributed by atoms with Gasteiger partial charge in [0.05, 0.1) is 40.9 Å². The maximum Gasteiger partial charge on any atom is 0.411 e. The van der Waals surface area contributed by atoms with Crippen molar-refractivity contribution in [2.75, 3.05) is 57.1 Å². The lowest BCUT2D eigenvalue weighted by molar-refractivity contribution is -0.121. The number of para-hydroxylation sites is 1. The van der Waals surface area contributed by atoms with Gasteiger partial charge in [-0.05, 0) is 43.0 Å². The van der Waals surface area contributed by atoms with Crippen LogP contribution in [0, 0.1) is 0 Å². The number of rotatable bonds is 17. The van der Waals surface area contributed by atoms with Crippen LogP contribution in [0.15, 0.2) is 83.7 Å². The summed E-state index contributed by atoms with van der Waals surface area (Å²) >= 11 is 7.38. The van der Waals surface area contributed by atoms with E-state index >= 15 is 0 Å². The summed E-state index contributed by atoms with van der Waals surface area (Å²) in [5.74, 6) is 0.258. The van der Waals surface area contributed by atoms with E-state index in [1.807, 2.05) is 54.6 Å². The fraction of sp³-hybridized carbons (Fsp3) is 0.333. The van der Waals surface area contributed by atoms with Crippen LogP contribution in [-0.2, 0) is 20.8 Å². The fourth-order valence-electron chi connectivity index (χ4n) is 6.74. The highest BCUT2D eigenvalue weighted by molar-refractivity contribution is 7.16. The second kappa shape index (κ2) is 20.9. The number of nitrogens with one attached hydrogen (secondary N) is 5. The Kier molecular flexibility index (Phi) is 15.2. The number of benzene rings is 4. The Balaban J connectivity index is 0.837. The average Bonchev–Trinajstić information content (AvgIpc) is 3.64. The van der Waals surface area contributed by atoms with E-state index in [0.29, 0.717) is 79.1 Å². The number of thiazole rings is 1. The molecule has 15 nitrogen and oxygen atoms in total. The Morgan fingerprint density at radius 2 is 1.73 bits per heavy atom. The molecule has 0 saturated carbocycles. The average molecular weight is 847 g/mol. The largest absolute Gasteiger partial charge is 0.506 e. The molecule has 4 aromatic carbocycles. The number of piperidine rings is 1. The van der Waals surface area contributed by atoms with E-state index in [-0.39, 0.29) is 58.6 Å².